The lowest BCUT2D eigenvalue weighted by atomic mass is 9.99. The van der Waals surface area contributed by atoms with Crippen LogP contribution in [0.4, 0.5) is 5.69 Å². The molecule has 1 unspecified atom stereocenters. The highest BCUT2D eigenvalue weighted by Crippen LogP contribution is 2.26. The molecule has 5 heteroatoms. The maximum Gasteiger partial charge on any atom is 0.250 e. The van der Waals surface area contributed by atoms with Crippen LogP contribution in [0.15, 0.2) is 18.2 Å². The van der Waals surface area contributed by atoms with Gasteiger partial charge in [0, 0.05) is 10.7 Å². The number of amides is 2. The molecule has 1 atom stereocenters. The number of rotatable bonds is 2. The molecule has 1 fully saturated rings. The molecule has 102 valence electrons. The first kappa shape index (κ1) is 13.9. The number of anilines is 1. The van der Waals surface area contributed by atoms with E-state index in [1.54, 1.807) is 12.1 Å². The fourth-order valence-electron chi connectivity index (χ4n) is 2.20. The smallest absolute Gasteiger partial charge is 0.250 e. The molecule has 1 aromatic carbocycles. The van der Waals surface area contributed by atoms with Gasteiger partial charge in [0.25, 0.3) is 0 Å². The molecule has 2 rings (SSSR count). The first-order valence-electron chi connectivity index (χ1n) is 6.27. The number of carbonyl (C=O) groups is 2. The van der Waals surface area contributed by atoms with Gasteiger partial charge in [-0.15, -0.1) is 0 Å². The van der Waals surface area contributed by atoms with Crippen molar-refractivity contribution in [1.82, 2.24) is 5.32 Å². The Bertz CT molecular complexity index is 528. The van der Waals surface area contributed by atoms with Crippen molar-refractivity contribution in [3.05, 3.63) is 28.8 Å². The molecule has 1 N–H and O–H groups in total. The highest BCUT2D eigenvalue weighted by atomic mass is 35.5. The molecular formula is C14H17ClN2O2. The predicted octanol–water partition coefficient (Wildman–Crippen LogP) is 2.14. The van der Waals surface area contributed by atoms with Gasteiger partial charge >= 0.3 is 0 Å². The third-order valence-corrected chi connectivity index (χ3v) is 3.51. The van der Waals surface area contributed by atoms with E-state index < -0.39 is 6.04 Å². The van der Waals surface area contributed by atoms with Crippen LogP contribution in [0.1, 0.15) is 19.4 Å². The third-order valence-electron chi connectivity index (χ3n) is 3.28. The van der Waals surface area contributed by atoms with Gasteiger partial charge in [0.2, 0.25) is 11.8 Å². The monoisotopic (exact) mass is 280 g/mol. The fraction of sp³-hybridized carbons (Fsp3) is 0.429. The van der Waals surface area contributed by atoms with Crippen LogP contribution < -0.4 is 10.2 Å². The zero-order chi connectivity index (χ0) is 14.2. The van der Waals surface area contributed by atoms with Gasteiger partial charge < -0.3 is 10.2 Å². The molecule has 1 aliphatic rings. The van der Waals surface area contributed by atoms with Crippen molar-refractivity contribution in [2.75, 3.05) is 11.4 Å². The van der Waals surface area contributed by atoms with Crippen molar-refractivity contribution < 1.29 is 9.59 Å². The lowest BCUT2D eigenvalue weighted by molar-refractivity contribution is -0.132. The Morgan fingerprint density at radius 1 is 1.37 bits per heavy atom. The number of hydrogen-bond acceptors (Lipinski definition) is 2. The lowest BCUT2D eigenvalue weighted by Crippen LogP contribution is -2.60. The van der Waals surface area contributed by atoms with E-state index in [4.69, 9.17) is 11.6 Å². The minimum absolute atomic E-state index is 0.0449. The average molecular weight is 281 g/mol. The summed E-state index contributed by atoms with van der Waals surface area (Å²) in [4.78, 5) is 25.7. The standard InChI is InChI=1S/C14H17ClN2O2/c1-8(2)13-14(19)17(7-12(18)16-13)11-6-10(15)5-4-9(11)3/h4-6,8,13H,7H2,1-3H3,(H,16,18). The van der Waals surface area contributed by atoms with Crippen LogP contribution in [0.5, 0.6) is 0 Å². The van der Waals surface area contributed by atoms with E-state index in [-0.39, 0.29) is 24.3 Å². The number of hydrogen-bond donors (Lipinski definition) is 1. The number of halogens is 1. The molecule has 1 aromatic rings. The number of carbonyl (C=O) groups excluding carboxylic acids is 2. The lowest BCUT2D eigenvalue weighted by Gasteiger charge is -2.35. The number of nitrogens with one attached hydrogen (secondary N) is 1. The molecule has 19 heavy (non-hydrogen) atoms. The average Bonchev–Trinajstić information content (AvgIpc) is 2.34. The Morgan fingerprint density at radius 3 is 2.68 bits per heavy atom. The van der Waals surface area contributed by atoms with E-state index in [1.165, 1.54) is 4.90 Å². The maximum atomic E-state index is 12.4. The van der Waals surface area contributed by atoms with Gasteiger partial charge in [-0.05, 0) is 30.5 Å². The molecular weight excluding hydrogens is 264 g/mol. The van der Waals surface area contributed by atoms with E-state index >= 15 is 0 Å². The molecule has 1 heterocycles. The maximum absolute atomic E-state index is 12.4. The van der Waals surface area contributed by atoms with Crippen molar-refractivity contribution >= 4 is 29.1 Å². The van der Waals surface area contributed by atoms with Crippen LogP contribution in [0, 0.1) is 12.8 Å². The van der Waals surface area contributed by atoms with Gasteiger partial charge in [-0.2, -0.15) is 0 Å². The molecule has 0 bridgehead atoms. The molecule has 1 saturated heterocycles. The number of benzene rings is 1. The molecule has 4 nitrogen and oxygen atoms in total. The summed E-state index contributed by atoms with van der Waals surface area (Å²) in [6.45, 7) is 5.77. The van der Waals surface area contributed by atoms with Crippen molar-refractivity contribution in [3.8, 4) is 0 Å². The SMILES string of the molecule is Cc1ccc(Cl)cc1N1CC(=O)NC(C(C)C)C1=O. The second-order valence-electron chi connectivity index (χ2n) is 5.14. The molecule has 0 aliphatic carbocycles. The van der Waals surface area contributed by atoms with Gasteiger partial charge in [0.15, 0.2) is 0 Å². The van der Waals surface area contributed by atoms with Crippen LogP contribution in [0.2, 0.25) is 5.02 Å². The Labute approximate surface area is 117 Å². The van der Waals surface area contributed by atoms with Crippen LogP contribution in [0.25, 0.3) is 0 Å². The second kappa shape index (κ2) is 5.21. The quantitative estimate of drug-likeness (QED) is 0.902. The molecule has 2 amide bonds. The normalized spacial score (nSPS) is 19.8. The Hall–Kier alpha value is -1.55. The molecule has 0 saturated carbocycles. The summed E-state index contributed by atoms with van der Waals surface area (Å²) in [5.41, 5.74) is 1.63. The first-order chi connectivity index (χ1) is 8.90. The predicted molar refractivity (Wildman–Crippen MR) is 75.3 cm³/mol. The topological polar surface area (TPSA) is 49.4 Å². The summed E-state index contributed by atoms with van der Waals surface area (Å²) in [7, 11) is 0. The van der Waals surface area contributed by atoms with Crippen molar-refractivity contribution in [2.24, 2.45) is 5.92 Å². The summed E-state index contributed by atoms with van der Waals surface area (Å²) in [5, 5.41) is 3.29. The van der Waals surface area contributed by atoms with Crippen molar-refractivity contribution in [3.63, 3.8) is 0 Å². The number of nitrogens with zero attached hydrogens (tertiary/aromatic N) is 1. The van der Waals surface area contributed by atoms with Gasteiger partial charge in [-0.3, -0.25) is 9.59 Å². The van der Waals surface area contributed by atoms with E-state index in [0.29, 0.717) is 10.7 Å². The molecule has 1 aliphatic heterocycles. The van der Waals surface area contributed by atoms with Gasteiger partial charge in [0.05, 0.1) is 0 Å². The largest absolute Gasteiger partial charge is 0.342 e. The summed E-state index contributed by atoms with van der Waals surface area (Å²) < 4.78 is 0. The fourth-order valence-corrected chi connectivity index (χ4v) is 2.37. The van der Waals surface area contributed by atoms with Gasteiger partial charge in [-0.25, -0.2) is 0 Å². The second-order valence-corrected chi connectivity index (χ2v) is 5.58. The Balaban J connectivity index is 2.40. The summed E-state index contributed by atoms with van der Waals surface area (Å²) >= 11 is 5.98. The summed E-state index contributed by atoms with van der Waals surface area (Å²) in [6.07, 6.45) is 0. The van der Waals surface area contributed by atoms with E-state index in [1.807, 2.05) is 26.8 Å². The highest BCUT2D eigenvalue weighted by Gasteiger charge is 2.35. The van der Waals surface area contributed by atoms with E-state index in [2.05, 4.69) is 5.32 Å². The molecule has 0 aromatic heterocycles. The highest BCUT2D eigenvalue weighted by molar-refractivity contribution is 6.31. The van der Waals surface area contributed by atoms with Crippen LogP contribution in [0.3, 0.4) is 0 Å². The van der Waals surface area contributed by atoms with E-state index in [0.717, 1.165) is 5.56 Å². The van der Waals surface area contributed by atoms with Gasteiger partial charge in [0.1, 0.15) is 12.6 Å². The first-order valence-corrected chi connectivity index (χ1v) is 6.65. The van der Waals surface area contributed by atoms with Crippen LogP contribution in [-0.2, 0) is 9.59 Å². The van der Waals surface area contributed by atoms with Gasteiger partial charge in [-0.1, -0.05) is 31.5 Å². The molecule has 0 spiro atoms. The number of piperazine rings is 1. The van der Waals surface area contributed by atoms with E-state index in [9.17, 15) is 9.59 Å². The van der Waals surface area contributed by atoms with Crippen LogP contribution in [-0.4, -0.2) is 24.4 Å². The Kier molecular flexibility index (Phi) is 3.80. The zero-order valence-electron chi connectivity index (χ0n) is 11.2. The summed E-state index contributed by atoms with van der Waals surface area (Å²) in [5.74, 6) is -0.170. The summed E-state index contributed by atoms with van der Waals surface area (Å²) in [6, 6.07) is 4.88. The van der Waals surface area contributed by atoms with Crippen molar-refractivity contribution in [1.29, 1.82) is 0 Å². The van der Waals surface area contributed by atoms with Crippen molar-refractivity contribution in [2.45, 2.75) is 26.8 Å². The number of aryl methyl sites for hydroxylation is 1. The molecule has 0 radical (unpaired) electrons. The minimum atomic E-state index is -0.473. The minimum Gasteiger partial charge on any atom is -0.342 e. The van der Waals surface area contributed by atoms with Crippen LogP contribution >= 0.6 is 11.6 Å². The zero-order valence-corrected chi connectivity index (χ0v) is 12.0. The third kappa shape index (κ3) is 2.73. The Morgan fingerprint density at radius 2 is 2.05 bits per heavy atom.